The molecule has 0 aromatic carbocycles. The fourth-order valence-corrected chi connectivity index (χ4v) is 4.52. The maximum atomic E-state index is 12.1. The molecule has 228 valence electrons. The Bertz CT molecular complexity index is 581. The third-order valence-corrected chi connectivity index (χ3v) is 6.98. The number of rotatable bonds is 30. The van der Waals surface area contributed by atoms with E-state index in [1.54, 1.807) is 0 Å². The minimum Gasteiger partial charge on any atom is -0.457 e. The lowest BCUT2D eigenvalue weighted by Gasteiger charge is -2.15. The lowest BCUT2D eigenvalue weighted by Crippen LogP contribution is -2.27. The number of unbranched alkanes of at least 4 members (excludes halogenated alkanes) is 16. The van der Waals surface area contributed by atoms with E-state index < -0.39 is 6.10 Å². The summed E-state index contributed by atoms with van der Waals surface area (Å²) in [5.41, 5.74) is 0. The summed E-state index contributed by atoms with van der Waals surface area (Å²) in [5.74, 6) is -0.211. The molecule has 4 heteroatoms. The number of ether oxygens (including phenoxy) is 2. The normalized spacial score (nSPS) is 12.8. The first kappa shape index (κ1) is 37.6. The molecule has 1 atom stereocenters. The first-order chi connectivity index (χ1) is 19.2. The molecule has 0 radical (unpaired) electrons. The van der Waals surface area contributed by atoms with Crippen molar-refractivity contribution in [2.75, 3.05) is 19.8 Å². The van der Waals surface area contributed by atoms with E-state index in [2.05, 4.69) is 50.3 Å². The van der Waals surface area contributed by atoms with E-state index in [1.165, 1.54) is 83.5 Å². The topological polar surface area (TPSA) is 55.8 Å². The van der Waals surface area contributed by atoms with Gasteiger partial charge in [0, 0.05) is 13.0 Å². The quantitative estimate of drug-likeness (QED) is 0.0551. The summed E-state index contributed by atoms with van der Waals surface area (Å²) in [6.45, 7) is 5.18. The van der Waals surface area contributed by atoms with Crippen LogP contribution in [0.5, 0.6) is 0 Å². The summed E-state index contributed by atoms with van der Waals surface area (Å²) in [7, 11) is 0. The van der Waals surface area contributed by atoms with Crippen molar-refractivity contribution in [1.82, 2.24) is 0 Å². The van der Waals surface area contributed by atoms with Gasteiger partial charge < -0.3 is 14.6 Å². The van der Waals surface area contributed by atoms with Gasteiger partial charge in [-0.2, -0.15) is 0 Å². The molecule has 0 aliphatic rings. The van der Waals surface area contributed by atoms with Crippen molar-refractivity contribution in [2.45, 2.75) is 161 Å². The summed E-state index contributed by atoms with van der Waals surface area (Å²) in [5, 5.41) is 9.51. The highest BCUT2D eigenvalue weighted by Gasteiger charge is 2.13. The van der Waals surface area contributed by atoms with Gasteiger partial charge in [-0.1, -0.05) is 140 Å². The van der Waals surface area contributed by atoms with Crippen LogP contribution in [0.2, 0.25) is 0 Å². The average molecular weight is 549 g/mol. The molecule has 0 amide bonds. The van der Waals surface area contributed by atoms with Gasteiger partial charge in [0.15, 0.2) is 0 Å². The molecule has 39 heavy (non-hydrogen) atoms. The fraction of sp³-hybridized carbons (Fsp3) is 0.800. The Morgan fingerprint density at radius 1 is 0.641 bits per heavy atom. The summed E-state index contributed by atoms with van der Waals surface area (Å²) >= 11 is 0. The van der Waals surface area contributed by atoms with Crippen molar-refractivity contribution in [3.05, 3.63) is 36.5 Å². The number of hydrogen-bond donors (Lipinski definition) is 1. The molecule has 1 N–H and O–H groups in total. The molecule has 4 nitrogen and oxygen atoms in total. The van der Waals surface area contributed by atoms with Crippen molar-refractivity contribution in [3.63, 3.8) is 0 Å². The van der Waals surface area contributed by atoms with Crippen molar-refractivity contribution >= 4 is 5.97 Å². The predicted molar refractivity (Wildman–Crippen MR) is 168 cm³/mol. The first-order valence-corrected chi connectivity index (χ1v) is 16.6. The van der Waals surface area contributed by atoms with Gasteiger partial charge >= 0.3 is 5.97 Å². The molecule has 0 aliphatic carbocycles. The monoisotopic (exact) mass is 548 g/mol. The summed E-state index contributed by atoms with van der Waals surface area (Å²) in [6.07, 6.45) is 38.9. The highest BCUT2D eigenvalue weighted by atomic mass is 16.6. The molecule has 1 unspecified atom stereocenters. The summed E-state index contributed by atoms with van der Waals surface area (Å²) in [6, 6.07) is 0. The number of carbonyl (C=O) groups excluding carboxylic acids is 1. The molecule has 0 saturated carbocycles. The van der Waals surface area contributed by atoms with Crippen LogP contribution in [0.25, 0.3) is 0 Å². The molecule has 0 bridgehead atoms. The van der Waals surface area contributed by atoms with Crippen molar-refractivity contribution in [3.8, 4) is 0 Å². The van der Waals surface area contributed by atoms with E-state index in [9.17, 15) is 9.90 Å². The maximum Gasteiger partial charge on any atom is 0.306 e. The molecule has 0 spiro atoms. The number of esters is 1. The average Bonchev–Trinajstić information content (AvgIpc) is 2.94. The van der Waals surface area contributed by atoms with Crippen molar-refractivity contribution in [2.24, 2.45) is 0 Å². The summed E-state index contributed by atoms with van der Waals surface area (Å²) in [4.78, 5) is 12.1. The number of aliphatic hydroxyl groups excluding tert-OH is 1. The Hall–Kier alpha value is -1.39. The Labute approximate surface area is 242 Å². The first-order valence-electron chi connectivity index (χ1n) is 16.6. The van der Waals surface area contributed by atoms with Crippen LogP contribution in [0.3, 0.4) is 0 Å². The van der Waals surface area contributed by atoms with Crippen LogP contribution < -0.4 is 0 Å². The molecular weight excluding hydrogens is 484 g/mol. The van der Waals surface area contributed by atoms with Gasteiger partial charge in [0.25, 0.3) is 0 Å². The zero-order valence-corrected chi connectivity index (χ0v) is 25.9. The van der Waals surface area contributed by atoms with Gasteiger partial charge in [-0.15, -0.1) is 0 Å². The van der Waals surface area contributed by atoms with Gasteiger partial charge in [0.05, 0.1) is 13.2 Å². The Kier molecular flexibility index (Phi) is 31.7. The Balaban J connectivity index is 3.49. The fourth-order valence-electron chi connectivity index (χ4n) is 4.52. The minimum atomic E-state index is -0.540. The van der Waals surface area contributed by atoms with Crippen molar-refractivity contribution < 1.29 is 19.4 Å². The highest BCUT2D eigenvalue weighted by molar-refractivity contribution is 5.69. The van der Waals surface area contributed by atoms with E-state index in [0.29, 0.717) is 13.0 Å². The van der Waals surface area contributed by atoms with E-state index >= 15 is 0 Å². The zero-order chi connectivity index (χ0) is 28.5. The number of carbonyl (C=O) groups is 1. The van der Waals surface area contributed by atoms with Crippen molar-refractivity contribution in [1.29, 1.82) is 0 Å². The van der Waals surface area contributed by atoms with Crippen LogP contribution in [0, 0.1) is 0 Å². The largest absolute Gasteiger partial charge is 0.457 e. The molecule has 0 heterocycles. The van der Waals surface area contributed by atoms with Gasteiger partial charge in [0.1, 0.15) is 6.10 Å². The van der Waals surface area contributed by atoms with E-state index in [1.807, 2.05) is 0 Å². The van der Waals surface area contributed by atoms with E-state index in [0.717, 1.165) is 51.4 Å². The van der Waals surface area contributed by atoms with Crippen LogP contribution in [0.1, 0.15) is 155 Å². The third kappa shape index (κ3) is 31.0. The third-order valence-electron chi connectivity index (χ3n) is 6.98. The van der Waals surface area contributed by atoms with Crippen LogP contribution in [-0.4, -0.2) is 37.0 Å². The number of aliphatic hydroxyl groups is 1. The Morgan fingerprint density at radius 3 is 1.74 bits per heavy atom. The smallest absolute Gasteiger partial charge is 0.306 e. The second kappa shape index (κ2) is 32.8. The Morgan fingerprint density at radius 2 is 1.15 bits per heavy atom. The number of allylic oxidation sites excluding steroid dienone is 6. The summed E-state index contributed by atoms with van der Waals surface area (Å²) < 4.78 is 11.1. The van der Waals surface area contributed by atoms with Crippen LogP contribution in [-0.2, 0) is 14.3 Å². The van der Waals surface area contributed by atoms with E-state index in [-0.39, 0.29) is 19.2 Å². The zero-order valence-electron chi connectivity index (χ0n) is 25.9. The highest BCUT2D eigenvalue weighted by Crippen LogP contribution is 2.13. The lowest BCUT2D eigenvalue weighted by atomic mass is 10.0. The molecule has 0 aliphatic heterocycles. The second-order valence-electron chi connectivity index (χ2n) is 10.9. The standard InChI is InChI=1S/C35H64O4/c1-3-5-7-9-11-13-15-17-19-21-23-25-27-29-31-38-33-34(32-36)39-35(37)30-28-26-24-22-20-18-16-14-12-10-8-6-4-2/h5,7,11,13,17,19,34,36H,3-4,6,8-10,12,14-16,18,20-33H2,1-2H3/b7-5-,13-11-,19-17-. The maximum absolute atomic E-state index is 12.1. The predicted octanol–water partition coefficient (Wildman–Crippen LogP) is 10.2. The van der Waals surface area contributed by atoms with E-state index in [4.69, 9.17) is 9.47 Å². The molecular formula is C35H64O4. The molecule has 0 fully saturated rings. The minimum absolute atomic E-state index is 0.179. The lowest BCUT2D eigenvalue weighted by molar-refractivity contribution is -0.154. The van der Waals surface area contributed by atoms with Gasteiger partial charge in [-0.25, -0.2) is 0 Å². The van der Waals surface area contributed by atoms with Gasteiger partial charge in [0.2, 0.25) is 0 Å². The molecule has 0 rings (SSSR count). The van der Waals surface area contributed by atoms with Gasteiger partial charge in [-0.3, -0.25) is 4.79 Å². The van der Waals surface area contributed by atoms with Crippen LogP contribution >= 0.6 is 0 Å². The molecule has 0 saturated heterocycles. The second-order valence-corrected chi connectivity index (χ2v) is 10.9. The van der Waals surface area contributed by atoms with Gasteiger partial charge in [-0.05, 0) is 44.9 Å². The molecule has 0 aromatic heterocycles. The SMILES string of the molecule is CC/C=C\C/C=C\C/C=C\CCCCCCOCC(CO)OC(=O)CCCCCCCCCCCCCCC. The number of hydrogen-bond acceptors (Lipinski definition) is 4. The van der Waals surface area contributed by atoms with Crippen LogP contribution in [0.4, 0.5) is 0 Å². The molecule has 0 aromatic rings. The van der Waals surface area contributed by atoms with Crippen LogP contribution in [0.15, 0.2) is 36.5 Å².